The summed E-state index contributed by atoms with van der Waals surface area (Å²) in [4.78, 5) is 18.1. The molecule has 6 heteroatoms. The van der Waals surface area contributed by atoms with Crippen LogP contribution in [-0.4, -0.2) is 9.97 Å². The number of rotatable bonds is 2. The molecule has 0 saturated carbocycles. The van der Waals surface area contributed by atoms with Crippen LogP contribution in [0.25, 0.3) is 0 Å². The summed E-state index contributed by atoms with van der Waals surface area (Å²) < 4.78 is 13.6. The number of nitrogens with two attached hydrogens (primary N) is 1. The molecular formula is C12H11ClFN3O. The van der Waals surface area contributed by atoms with Crippen LogP contribution in [-0.2, 0) is 6.42 Å². The third kappa shape index (κ3) is 2.36. The van der Waals surface area contributed by atoms with E-state index in [1.165, 1.54) is 12.1 Å². The van der Waals surface area contributed by atoms with Gasteiger partial charge in [-0.2, -0.15) is 0 Å². The number of hydrogen-bond acceptors (Lipinski definition) is 3. The third-order valence-corrected chi connectivity index (χ3v) is 3.01. The molecule has 0 aliphatic heterocycles. The molecule has 0 spiro atoms. The molecule has 0 radical (unpaired) electrons. The molecular weight excluding hydrogens is 257 g/mol. The zero-order valence-corrected chi connectivity index (χ0v) is 10.4. The maximum atomic E-state index is 13.6. The topological polar surface area (TPSA) is 71.8 Å². The average molecular weight is 268 g/mol. The summed E-state index contributed by atoms with van der Waals surface area (Å²) in [5.74, 6) is -0.404. The Bertz CT molecular complexity index is 634. The van der Waals surface area contributed by atoms with Gasteiger partial charge in [0.15, 0.2) is 0 Å². The SMILES string of the molecule is Cc1nc(N)[nH]c(=O)c1Cc1c(F)cccc1Cl. The van der Waals surface area contributed by atoms with Crippen LogP contribution in [0.15, 0.2) is 23.0 Å². The molecule has 94 valence electrons. The first-order valence-electron chi connectivity index (χ1n) is 5.27. The van der Waals surface area contributed by atoms with E-state index in [-0.39, 0.29) is 28.5 Å². The van der Waals surface area contributed by atoms with Gasteiger partial charge in [-0.15, -0.1) is 0 Å². The summed E-state index contributed by atoms with van der Waals surface area (Å²) in [6.45, 7) is 1.65. The Kier molecular flexibility index (Phi) is 3.34. The number of nitrogens with zero attached hydrogens (tertiary/aromatic N) is 1. The van der Waals surface area contributed by atoms with Crippen molar-refractivity contribution in [3.05, 3.63) is 56.2 Å². The molecule has 0 aliphatic rings. The smallest absolute Gasteiger partial charge is 0.256 e. The second-order valence-corrected chi connectivity index (χ2v) is 4.30. The molecule has 1 aromatic carbocycles. The minimum absolute atomic E-state index is 0.0425. The van der Waals surface area contributed by atoms with Crippen molar-refractivity contribution in [3.63, 3.8) is 0 Å². The van der Waals surface area contributed by atoms with Crippen molar-refractivity contribution in [2.75, 3.05) is 5.73 Å². The van der Waals surface area contributed by atoms with Crippen molar-refractivity contribution in [1.82, 2.24) is 9.97 Å². The number of aryl methyl sites for hydroxylation is 1. The van der Waals surface area contributed by atoms with Crippen LogP contribution in [0.2, 0.25) is 5.02 Å². The first-order chi connectivity index (χ1) is 8.49. The molecule has 3 N–H and O–H groups in total. The maximum Gasteiger partial charge on any atom is 0.256 e. The molecule has 0 unspecified atom stereocenters. The van der Waals surface area contributed by atoms with Crippen molar-refractivity contribution in [2.24, 2.45) is 0 Å². The Morgan fingerprint density at radius 2 is 2.17 bits per heavy atom. The Hall–Kier alpha value is -1.88. The fourth-order valence-corrected chi connectivity index (χ4v) is 1.95. The van der Waals surface area contributed by atoms with Crippen molar-refractivity contribution in [2.45, 2.75) is 13.3 Å². The van der Waals surface area contributed by atoms with E-state index >= 15 is 0 Å². The number of anilines is 1. The summed E-state index contributed by atoms with van der Waals surface area (Å²) in [5, 5.41) is 0.283. The fraction of sp³-hybridized carbons (Fsp3) is 0.167. The normalized spacial score (nSPS) is 10.6. The summed E-state index contributed by atoms with van der Waals surface area (Å²) in [7, 11) is 0. The van der Waals surface area contributed by atoms with Crippen molar-refractivity contribution < 1.29 is 4.39 Å². The molecule has 1 heterocycles. The van der Waals surface area contributed by atoms with Gasteiger partial charge in [0.05, 0.1) is 5.69 Å². The Morgan fingerprint density at radius 1 is 1.44 bits per heavy atom. The molecule has 0 fully saturated rings. The number of nitrogens with one attached hydrogen (secondary N) is 1. The van der Waals surface area contributed by atoms with Gasteiger partial charge in [0.1, 0.15) is 5.82 Å². The zero-order chi connectivity index (χ0) is 13.3. The van der Waals surface area contributed by atoms with Crippen LogP contribution in [0.3, 0.4) is 0 Å². The number of nitrogen functional groups attached to an aromatic ring is 1. The molecule has 18 heavy (non-hydrogen) atoms. The van der Waals surface area contributed by atoms with Crippen LogP contribution >= 0.6 is 11.6 Å². The highest BCUT2D eigenvalue weighted by molar-refractivity contribution is 6.31. The number of aromatic amines is 1. The van der Waals surface area contributed by atoms with Gasteiger partial charge >= 0.3 is 0 Å². The van der Waals surface area contributed by atoms with Crippen LogP contribution in [0.1, 0.15) is 16.8 Å². The van der Waals surface area contributed by atoms with E-state index in [0.717, 1.165) is 0 Å². The maximum absolute atomic E-state index is 13.6. The molecule has 0 saturated heterocycles. The number of hydrogen-bond donors (Lipinski definition) is 2. The van der Waals surface area contributed by atoms with E-state index < -0.39 is 5.82 Å². The van der Waals surface area contributed by atoms with Crippen molar-refractivity contribution >= 4 is 17.5 Å². The van der Waals surface area contributed by atoms with E-state index in [4.69, 9.17) is 17.3 Å². The predicted octanol–water partition coefficient (Wildman–Crippen LogP) is 2.04. The fourth-order valence-electron chi connectivity index (χ4n) is 1.72. The van der Waals surface area contributed by atoms with Crippen LogP contribution in [0.4, 0.5) is 10.3 Å². The minimum atomic E-state index is -0.446. The van der Waals surface area contributed by atoms with Crippen molar-refractivity contribution in [1.29, 1.82) is 0 Å². The molecule has 0 bridgehead atoms. The van der Waals surface area contributed by atoms with E-state index in [1.807, 2.05) is 0 Å². The second-order valence-electron chi connectivity index (χ2n) is 3.89. The van der Waals surface area contributed by atoms with Gasteiger partial charge in [-0.3, -0.25) is 9.78 Å². The quantitative estimate of drug-likeness (QED) is 0.875. The third-order valence-electron chi connectivity index (χ3n) is 2.66. The monoisotopic (exact) mass is 267 g/mol. The Morgan fingerprint density at radius 3 is 2.78 bits per heavy atom. The standard InChI is InChI=1S/C12H11ClFN3O/c1-6-7(11(18)17-12(15)16-6)5-8-9(13)3-2-4-10(8)14/h2-4H,5H2,1H3,(H3,15,16,17,18). The van der Waals surface area contributed by atoms with Crippen LogP contribution in [0.5, 0.6) is 0 Å². The molecule has 0 atom stereocenters. The van der Waals surface area contributed by atoms with Gasteiger partial charge in [0, 0.05) is 22.6 Å². The molecule has 0 aliphatic carbocycles. The Labute approximate surface area is 108 Å². The number of aromatic nitrogens is 2. The van der Waals surface area contributed by atoms with Gasteiger partial charge in [0.2, 0.25) is 5.95 Å². The predicted molar refractivity (Wildman–Crippen MR) is 68.2 cm³/mol. The highest BCUT2D eigenvalue weighted by atomic mass is 35.5. The molecule has 0 amide bonds. The highest BCUT2D eigenvalue weighted by Crippen LogP contribution is 2.21. The minimum Gasteiger partial charge on any atom is -0.369 e. The number of H-pyrrole nitrogens is 1. The van der Waals surface area contributed by atoms with Gasteiger partial charge in [-0.05, 0) is 19.1 Å². The largest absolute Gasteiger partial charge is 0.369 e. The van der Waals surface area contributed by atoms with Gasteiger partial charge in [0.25, 0.3) is 5.56 Å². The average Bonchev–Trinajstić information content (AvgIpc) is 2.26. The molecule has 1 aromatic heterocycles. The first-order valence-corrected chi connectivity index (χ1v) is 5.65. The summed E-state index contributed by atoms with van der Waals surface area (Å²) in [6.07, 6.45) is 0.0833. The van der Waals surface area contributed by atoms with Gasteiger partial charge in [-0.1, -0.05) is 17.7 Å². The van der Waals surface area contributed by atoms with Gasteiger partial charge in [-0.25, -0.2) is 9.37 Å². The lowest BCUT2D eigenvalue weighted by Crippen LogP contribution is -2.19. The highest BCUT2D eigenvalue weighted by Gasteiger charge is 2.13. The second kappa shape index (κ2) is 4.78. The van der Waals surface area contributed by atoms with E-state index in [1.54, 1.807) is 13.0 Å². The lowest BCUT2D eigenvalue weighted by molar-refractivity contribution is 0.613. The van der Waals surface area contributed by atoms with E-state index in [9.17, 15) is 9.18 Å². The van der Waals surface area contributed by atoms with Crippen LogP contribution in [0, 0.1) is 12.7 Å². The van der Waals surface area contributed by atoms with Gasteiger partial charge < -0.3 is 5.73 Å². The molecule has 4 nitrogen and oxygen atoms in total. The summed E-state index contributed by atoms with van der Waals surface area (Å²) in [6, 6.07) is 4.39. The lowest BCUT2D eigenvalue weighted by Gasteiger charge is -2.07. The lowest BCUT2D eigenvalue weighted by atomic mass is 10.0. The summed E-state index contributed by atoms with van der Waals surface area (Å²) >= 11 is 5.92. The Balaban J connectivity index is 2.50. The number of halogens is 2. The van der Waals surface area contributed by atoms with E-state index in [2.05, 4.69) is 9.97 Å². The number of benzene rings is 1. The molecule has 2 aromatic rings. The molecule has 2 rings (SSSR count). The zero-order valence-electron chi connectivity index (χ0n) is 9.63. The van der Waals surface area contributed by atoms with Crippen molar-refractivity contribution in [3.8, 4) is 0 Å². The summed E-state index contributed by atoms with van der Waals surface area (Å²) in [5.41, 5.74) is 6.14. The van der Waals surface area contributed by atoms with E-state index in [0.29, 0.717) is 11.3 Å². The van der Waals surface area contributed by atoms with Crippen LogP contribution < -0.4 is 11.3 Å². The first kappa shape index (κ1) is 12.6.